The van der Waals surface area contributed by atoms with Gasteiger partial charge >= 0.3 is 0 Å². The molecule has 1 heterocycles. The number of dihydropyridines is 1. The van der Waals surface area contributed by atoms with E-state index in [2.05, 4.69) is 11.6 Å². The van der Waals surface area contributed by atoms with Crippen molar-refractivity contribution in [2.75, 3.05) is 6.61 Å². The zero-order valence-electron chi connectivity index (χ0n) is 7.58. The first-order valence-electron chi connectivity index (χ1n) is 4.02. The second kappa shape index (κ2) is 4.40. The Morgan fingerprint density at radius 3 is 3.00 bits per heavy atom. The molecule has 0 aromatic rings. The van der Waals surface area contributed by atoms with Crippen LogP contribution in [0.1, 0.15) is 6.92 Å². The van der Waals surface area contributed by atoms with Gasteiger partial charge in [0.1, 0.15) is 6.61 Å². The largest absolute Gasteiger partial charge is 0.473 e. The van der Waals surface area contributed by atoms with Crippen molar-refractivity contribution in [2.45, 2.75) is 6.92 Å². The summed E-state index contributed by atoms with van der Waals surface area (Å²) >= 11 is 0. The highest BCUT2D eigenvalue weighted by Gasteiger charge is 2.06. The second-order valence-corrected chi connectivity index (χ2v) is 2.52. The summed E-state index contributed by atoms with van der Waals surface area (Å²) in [6.07, 6.45) is 7.09. The molecule has 3 nitrogen and oxygen atoms in total. The van der Waals surface area contributed by atoms with Gasteiger partial charge in [0.15, 0.2) is 0 Å². The van der Waals surface area contributed by atoms with Crippen LogP contribution in [0.25, 0.3) is 0 Å². The lowest BCUT2D eigenvalue weighted by molar-refractivity contribution is 0.353. The first-order valence-corrected chi connectivity index (χ1v) is 4.02. The summed E-state index contributed by atoms with van der Waals surface area (Å²) in [6.45, 7) is 6.04. The zero-order valence-corrected chi connectivity index (χ0v) is 7.58. The summed E-state index contributed by atoms with van der Waals surface area (Å²) in [6, 6.07) is 0. The molecule has 1 aliphatic heterocycles. The summed E-state index contributed by atoms with van der Waals surface area (Å²) in [5.41, 5.74) is 0.774. The molecule has 1 N–H and O–H groups in total. The normalized spacial score (nSPS) is 16.5. The van der Waals surface area contributed by atoms with Gasteiger partial charge in [-0.1, -0.05) is 18.7 Å². The van der Waals surface area contributed by atoms with Crippen LogP contribution in [0, 0.1) is 5.41 Å². The smallest absolute Gasteiger partial charge is 0.214 e. The van der Waals surface area contributed by atoms with Crippen LogP contribution in [0.3, 0.4) is 0 Å². The lowest BCUT2D eigenvalue weighted by atomic mass is 10.2. The van der Waals surface area contributed by atoms with Crippen LogP contribution in [-0.2, 0) is 4.74 Å². The maximum atomic E-state index is 7.33. The molecule has 3 heteroatoms. The molecule has 13 heavy (non-hydrogen) atoms. The molecule has 1 aliphatic rings. The highest BCUT2D eigenvalue weighted by Crippen LogP contribution is 2.05. The highest BCUT2D eigenvalue weighted by molar-refractivity contribution is 6.13. The first kappa shape index (κ1) is 9.45. The third-order valence-corrected chi connectivity index (χ3v) is 1.51. The minimum absolute atomic E-state index is 0.332. The van der Waals surface area contributed by atoms with Crippen molar-refractivity contribution < 1.29 is 4.74 Å². The Balaban J connectivity index is 2.53. The number of allylic oxidation sites excluding steroid dienone is 2. The van der Waals surface area contributed by atoms with Crippen LogP contribution in [0.15, 0.2) is 41.6 Å². The van der Waals surface area contributed by atoms with Crippen LogP contribution in [0.2, 0.25) is 0 Å². The standard InChI is InChI=1S/C10H12N2O/c1-3-4-7-13-10-6-5-9(11)8(2)12-10/h3-6,11H,2,7H2,1H3/b4-3-,11-9?. The van der Waals surface area contributed by atoms with Gasteiger partial charge in [0.25, 0.3) is 0 Å². The summed E-state index contributed by atoms with van der Waals surface area (Å²) in [4.78, 5) is 3.99. The van der Waals surface area contributed by atoms with Gasteiger partial charge in [0.05, 0.1) is 11.4 Å². The van der Waals surface area contributed by atoms with E-state index in [1.165, 1.54) is 0 Å². The molecule has 68 valence electrons. The topological polar surface area (TPSA) is 45.4 Å². The van der Waals surface area contributed by atoms with Gasteiger partial charge in [-0.3, -0.25) is 5.41 Å². The molecule has 0 saturated carbocycles. The summed E-state index contributed by atoms with van der Waals surface area (Å²) in [7, 11) is 0. The van der Waals surface area contributed by atoms with Crippen LogP contribution in [-0.4, -0.2) is 18.2 Å². The van der Waals surface area contributed by atoms with Crippen molar-refractivity contribution in [3.63, 3.8) is 0 Å². The molecule has 0 amide bonds. The molecule has 0 aromatic carbocycles. The third kappa shape index (κ3) is 2.71. The molecule has 0 saturated heterocycles. The van der Waals surface area contributed by atoms with E-state index >= 15 is 0 Å². The van der Waals surface area contributed by atoms with Crippen LogP contribution in [0.4, 0.5) is 0 Å². The first-order chi connectivity index (χ1) is 6.24. The van der Waals surface area contributed by atoms with E-state index in [1.807, 2.05) is 19.1 Å². The number of nitrogens with zero attached hydrogens (tertiary/aromatic N) is 1. The molecular weight excluding hydrogens is 164 g/mol. The fourth-order valence-corrected chi connectivity index (χ4v) is 0.791. The molecule has 1 rings (SSSR count). The Morgan fingerprint density at radius 1 is 1.62 bits per heavy atom. The zero-order chi connectivity index (χ0) is 9.68. The number of aliphatic imine (C=N–C) groups is 1. The monoisotopic (exact) mass is 176 g/mol. The second-order valence-electron chi connectivity index (χ2n) is 2.52. The summed E-state index contributed by atoms with van der Waals surface area (Å²) < 4.78 is 5.26. The molecule has 0 bridgehead atoms. The predicted molar refractivity (Wildman–Crippen MR) is 54.2 cm³/mol. The Bertz CT molecular complexity index is 311. The van der Waals surface area contributed by atoms with E-state index in [4.69, 9.17) is 10.1 Å². The van der Waals surface area contributed by atoms with Crippen molar-refractivity contribution in [1.29, 1.82) is 5.41 Å². The number of nitrogens with one attached hydrogen (secondary N) is 1. The van der Waals surface area contributed by atoms with Crippen molar-refractivity contribution in [2.24, 2.45) is 4.99 Å². The Hall–Kier alpha value is -1.64. The van der Waals surface area contributed by atoms with E-state index < -0.39 is 0 Å². The Morgan fingerprint density at radius 2 is 2.38 bits per heavy atom. The minimum atomic E-state index is 0.332. The van der Waals surface area contributed by atoms with E-state index in [0.717, 1.165) is 0 Å². The average molecular weight is 176 g/mol. The maximum absolute atomic E-state index is 7.33. The number of hydrogen-bond acceptors (Lipinski definition) is 3. The lowest BCUT2D eigenvalue weighted by Crippen LogP contribution is -2.09. The van der Waals surface area contributed by atoms with Gasteiger partial charge in [-0.25, -0.2) is 4.99 Å². The molecule has 0 aromatic heterocycles. The van der Waals surface area contributed by atoms with E-state index in [0.29, 0.717) is 23.9 Å². The number of rotatable bonds is 2. The molecule has 0 fully saturated rings. The van der Waals surface area contributed by atoms with Crippen molar-refractivity contribution >= 4 is 11.6 Å². The quantitative estimate of drug-likeness (QED) is 0.643. The molecule has 0 unspecified atom stereocenters. The number of ether oxygens (including phenoxy) is 1. The highest BCUT2D eigenvalue weighted by atomic mass is 16.5. The van der Waals surface area contributed by atoms with Crippen LogP contribution in [0.5, 0.6) is 0 Å². The fraction of sp³-hybridized carbons (Fsp3) is 0.200. The summed E-state index contributed by atoms with van der Waals surface area (Å²) in [5, 5.41) is 7.33. The molecule has 0 aliphatic carbocycles. The molecular formula is C10H12N2O. The van der Waals surface area contributed by atoms with Crippen molar-refractivity contribution in [3.05, 3.63) is 36.6 Å². The Labute approximate surface area is 77.6 Å². The SMILES string of the molecule is C=C1N=C(OC/C=C\C)C=CC1=N. The summed E-state index contributed by atoms with van der Waals surface area (Å²) in [5.74, 6) is 0.513. The van der Waals surface area contributed by atoms with Gasteiger partial charge < -0.3 is 4.74 Å². The molecule has 0 atom stereocenters. The Kier molecular flexibility index (Phi) is 3.20. The van der Waals surface area contributed by atoms with Gasteiger partial charge in [-0.05, 0) is 13.0 Å². The lowest BCUT2D eigenvalue weighted by Gasteiger charge is -2.08. The van der Waals surface area contributed by atoms with Gasteiger partial charge in [0, 0.05) is 6.08 Å². The minimum Gasteiger partial charge on any atom is -0.473 e. The molecule has 0 radical (unpaired) electrons. The molecule has 0 spiro atoms. The van der Waals surface area contributed by atoms with Crippen LogP contribution >= 0.6 is 0 Å². The maximum Gasteiger partial charge on any atom is 0.214 e. The fourth-order valence-electron chi connectivity index (χ4n) is 0.791. The predicted octanol–water partition coefficient (Wildman–Crippen LogP) is 2.08. The van der Waals surface area contributed by atoms with E-state index in [1.54, 1.807) is 12.2 Å². The van der Waals surface area contributed by atoms with Crippen molar-refractivity contribution in [1.82, 2.24) is 0 Å². The van der Waals surface area contributed by atoms with Gasteiger partial charge in [-0.15, -0.1) is 0 Å². The van der Waals surface area contributed by atoms with E-state index in [-0.39, 0.29) is 0 Å². The number of hydrogen-bond donors (Lipinski definition) is 1. The van der Waals surface area contributed by atoms with Gasteiger partial charge in [-0.2, -0.15) is 0 Å². The third-order valence-electron chi connectivity index (χ3n) is 1.51. The van der Waals surface area contributed by atoms with E-state index in [9.17, 15) is 0 Å². The average Bonchev–Trinajstić information content (AvgIpc) is 2.12. The van der Waals surface area contributed by atoms with Gasteiger partial charge in [0.2, 0.25) is 5.90 Å². The van der Waals surface area contributed by atoms with Crippen LogP contribution < -0.4 is 0 Å². The van der Waals surface area contributed by atoms with Crippen molar-refractivity contribution in [3.8, 4) is 0 Å².